The van der Waals surface area contributed by atoms with Crippen molar-refractivity contribution in [3.8, 4) is 0 Å². The van der Waals surface area contributed by atoms with Crippen molar-refractivity contribution >= 4 is 5.97 Å². The van der Waals surface area contributed by atoms with Gasteiger partial charge in [-0.1, -0.05) is 52.8 Å². The van der Waals surface area contributed by atoms with Crippen LogP contribution >= 0.6 is 0 Å². The number of carbonyl (C=O) groups is 1. The molecule has 5 heteroatoms. The zero-order valence-corrected chi connectivity index (χ0v) is 25.0. The topological polar surface area (TPSA) is 87.0 Å². The third-order valence-electron chi connectivity index (χ3n) is 12.1. The van der Waals surface area contributed by atoms with Crippen molar-refractivity contribution in [1.82, 2.24) is 0 Å². The number of ether oxygens (including phenoxy) is 1. The van der Waals surface area contributed by atoms with Crippen LogP contribution in [0.5, 0.6) is 0 Å². The summed E-state index contributed by atoms with van der Waals surface area (Å²) in [5.74, 6) is 0.896. The first kappa shape index (κ1) is 29.4. The van der Waals surface area contributed by atoms with Crippen LogP contribution in [0.2, 0.25) is 0 Å². The molecule has 0 aromatic rings. The van der Waals surface area contributed by atoms with Gasteiger partial charge in [-0.05, 0) is 112 Å². The molecule has 4 saturated carbocycles. The lowest BCUT2D eigenvalue weighted by atomic mass is 9.35. The molecule has 0 saturated heterocycles. The Kier molecular flexibility index (Phi) is 7.82. The first-order valence-electron chi connectivity index (χ1n) is 14.9. The average molecular weight is 529 g/mol. The molecule has 0 aromatic heterocycles. The van der Waals surface area contributed by atoms with E-state index >= 15 is 0 Å². The highest BCUT2D eigenvalue weighted by Crippen LogP contribution is 2.74. The minimum absolute atomic E-state index is 0.0521. The van der Waals surface area contributed by atoms with Gasteiger partial charge in [-0.15, -0.1) is 0 Å². The van der Waals surface area contributed by atoms with Gasteiger partial charge in [0.15, 0.2) is 0 Å². The highest BCUT2D eigenvalue weighted by Gasteiger charge is 2.72. The van der Waals surface area contributed by atoms with Crippen LogP contribution in [0.25, 0.3) is 0 Å². The smallest absolute Gasteiger partial charge is 0.331 e. The second-order valence-electron chi connectivity index (χ2n) is 14.3. The Hall–Kier alpha value is -1.59. The molecule has 2 unspecified atom stereocenters. The van der Waals surface area contributed by atoms with Gasteiger partial charge in [0.1, 0.15) is 6.10 Å². The Morgan fingerprint density at radius 2 is 1.76 bits per heavy atom. The van der Waals surface area contributed by atoms with E-state index < -0.39 is 18.2 Å². The van der Waals surface area contributed by atoms with E-state index in [2.05, 4.69) is 47.3 Å². The van der Waals surface area contributed by atoms with Gasteiger partial charge < -0.3 is 20.1 Å². The molecule has 3 N–H and O–H groups in total. The van der Waals surface area contributed by atoms with E-state index in [-0.39, 0.29) is 34.2 Å². The van der Waals surface area contributed by atoms with Crippen LogP contribution in [-0.2, 0) is 9.53 Å². The van der Waals surface area contributed by atoms with E-state index in [1.807, 2.05) is 20.8 Å². The number of hydrogen-bond donors (Lipinski definition) is 3. The van der Waals surface area contributed by atoms with Crippen molar-refractivity contribution < 1.29 is 24.9 Å². The molecule has 11 atom stereocenters. The summed E-state index contributed by atoms with van der Waals surface area (Å²) in [6.45, 7) is 21.4. The monoisotopic (exact) mass is 528 g/mol. The molecule has 0 aliphatic heterocycles. The maximum absolute atomic E-state index is 12.7. The number of aliphatic hydroxyl groups excluding tert-OH is 2. The summed E-state index contributed by atoms with van der Waals surface area (Å²) in [6, 6.07) is 0. The molecule has 0 amide bonds. The maximum atomic E-state index is 12.7. The zero-order valence-electron chi connectivity index (χ0n) is 25.0. The van der Waals surface area contributed by atoms with Crippen molar-refractivity contribution in [1.29, 1.82) is 0 Å². The van der Waals surface area contributed by atoms with Crippen molar-refractivity contribution in [3.05, 3.63) is 35.1 Å². The predicted molar refractivity (Wildman–Crippen MR) is 151 cm³/mol. The first-order chi connectivity index (χ1) is 17.6. The van der Waals surface area contributed by atoms with Gasteiger partial charge in [0, 0.05) is 11.0 Å². The van der Waals surface area contributed by atoms with Crippen LogP contribution in [0.3, 0.4) is 0 Å². The molecule has 214 valence electrons. The minimum atomic E-state index is -0.885. The van der Waals surface area contributed by atoms with E-state index in [0.717, 1.165) is 24.8 Å². The van der Waals surface area contributed by atoms with Crippen molar-refractivity contribution in [3.63, 3.8) is 0 Å². The van der Waals surface area contributed by atoms with Gasteiger partial charge in [0.25, 0.3) is 0 Å². The fourth-order valence-electron chi connectivity index (χ4n) is 10.1. The number of fused-ring (bicyclic) bond motifs is 5. The molecule has 0 radical (unpaired) electrons. The molecule has 5 nitrogen and oxygen atoms in total. The molecule has 4 fully saturated rings. The summed E-state index contributed by atoms with van der Waals surface area (Å²) in [4.78, 5) is 12.7. The van der Waals surface area contributed by atoms with E-state index in [1.54, 1.807) is 0 Å². The number of aliphatic carboxylic acids is 1. The number of aliphatic hydroxyl groups is 2. The largest absolute Gasteiger partial charge is 0.491 e. The third-order valence-corrected chi connectivity index (χ3v) is 12.1. The van der Waals surface area contributed by atoms with Crippen LogP contribution in [-0.4, -0.2) is 39.6 Å². The summed E-state index contributed by atoms with van der Waals surface area (Å²) >= 11 is 0. The Balaban J connectivity index is 1.84. The number of rotatable bonds is 6. The predicted octanol–water partition coefficient (Wildman–Crippen LogP) is 6.90. The van der Waals surface area contributed by atoms with Crippen LogP contribution < -0.4 is 0 Å². The van der Waals surface area contributed by atoms with Crippen LogP contribution in [0.4, 0.5) is 0 Å². The number of carboxylic acids is 1. The minimum Gasteiger partial charge on any atom is -0.491 e. The summed E-state index contributed by atoms with van der Waals surface area (Å²) in [7, 11) is 0. The van der Waals surface area contributed by atoms with Crippen LogP contribution in [0, 0.1) is 45.8 Å². The highest BCUT2D eigenvalue weighted by molar-refractivity contribution is 5.88. The molecule has 38 heavy (non-hydrogen) atoms. The van der Waals surface area contributed by atoms with Gasteiger partial charge in [0.05, 0.1) is 18.0 Å². The summed E-state index contributed by atoms with van der Waals surface area (Å²) in [6.07, 6.45) is 5.79. The summed E-state index contributed by atoms with van der Waals surface area (Å²) in [5, 5.41) is 34.1. The molecular formula is C33H52O5. The molecule has 0 bridgehead atoms. The Labute approximate surface area is 230 Å². The van der Waals surface area contributed by atoms with E-state index in [1.165, 1.54) is 5.57 Å². The van der Waals surface area contributed by atoms with E-state index in [0.29, 0.717) is 54.8 Å². The van der Waals surface area contributed by atoms with Crippen molar-refractivity contribution in [2.24, 2.45) is 45.8 Å². The number of allylic oxidation sites excluding steroid dienone is 3. The quantitative estimate of drug-likeness (QED) is 0.198. The highest BCUT2D eigenvalue weighted by atomic mass is 16.5. The van der Waals surface area contributed by atoms with Gasteiger partial charge in [-0.3, -0.25) is 0 Å². The van der Waals surface area contributed by atoms with Crippen molar-refractivity contribution in [2.45, 2.75) is 119 Å². The molecule has 0 heterocycles. The average Bonchev–Trinajstić information content (AvgIpc) is 3.06. The second kappa shape index (κ2) is 10.1. The normalized spacial score (nSPS) is 47.3. The van der Waals surface area contributed by atoms with E-state index in [4.69, 9.17) is 4.74 Å². The Morgan fingerprint density at radius 3 is 2.34 bits per heavy atom. The first-order valence-corrected chi connectivity index (χ1v) is 14.9. The Bertz CT molecular complexity index is 1020. The van der Waals surface area contributed by atoms with Crippen LogP contribution in [0.1, 0.15) is 100 Å². The molecule has 0 aromatic carbocycles. The van der Waals surface area contributed by atoms with Gasteiger partial charge in [-0.2, -0.15) is 0 Å². The molecule has 4 aliphatic rings. The lowest BCUT2D eigenvalue weighted by Crippen LogP contribution is -2.68. The lowest BCUT2D eigenvalue weighted by Gasteiger charge is -2.70. The Morgan fingerprint density at radius 1 is 1.11 bits per heavy atom. The number of carboxylic acid groups (broad SMARTS) is 1. The third kappa shape index (κ3) is 4.31. The van der Waals surface area contributed by atoms with Crippen molar-refractivity contribution in [2.75, 3.05) is 0 Å². The summed E-state index contributed by atoms with van der Waals surface area (Å²) < 4.78 is 6.32. The van der Waals surface area contributed by atoms with Crippen LogP contribution in [0.15, 0.2) is 35.1 Å². The second-order valence-corrected chi connectivity index (χ2v) is 14.3. The fraction of sp³-hybridized carbons (Fsp3) is 0.788. The number of hydrogen-bond acceptors (Lipinski definition) is 4. The zero-order chi connectivity index (χ0) is 28.4. The van der Waals surface area contributed by atoms with Gasteiger partial charge in [0.2, 0.25) is 0 Å². The molecule has 4 rings (SSSR count). The summed E-state index contributed by atoms with van der Waals surface area (Å²) in [5.41, 5.74) is 1.59. The van der Waals surface area contributed by atoms with Gasteiger partial charge >= 0.3 is 5.97 Å². The standard InChI is InChI=1S/C33H52O5/c1-18(2)11-10-12-22(30(36)37)28-24-16-25(34)29-31(7,32(24,8)17-26(28)38-19(3)4)14-13-23-21(6)20(5)15-27(35)33(23,29)9/h11,20-21,23-27,29,34-35H,3,10,12-17H2,1-2,4-9H3,(H,36,37)/b28-22-/t20-,21+,23+,24+,25-,26?,27?,29+,31+,32+,33-/m1/s1. The lowest BCUT2D eigenvalue weighted by molar-refractivity contribution is -0.258. The SMILES string of the molecule is C=C(C)OC1C[C@@]2(C)[C@@H](C[C@@H](O)[C@@H]3[C@@]4(C)C(O)C[C@@H](C)[C@H](C)[C@@H]4CC[C@@]32C)/C1=C(\CCC=C(C)C)C(=O)O. The molecule has 4 aliphatic carbocycles. The molecular weight excluding hydrogens is 476 g/mol. The maximum Gasteiger partial charge on any atom is 0.331 e. The molecule has 0 spiro atoms. The van der Waals surface area contributed by atoms with Gasteiger partial charge in [-0.25, -0.2) is 4.79 Å². The fourth-order valence-corrected chi connectivity index (χ4v) is 10.1. The van der Waals surface area contributed by atoms with E-state index in [9.17, 15) is 20.1 Å².